The van der Waals surface area contributed by atoms with Crippen molar-refractivity contribution in [3.8, 4) is 5.69 Å². The van der Waals surface area contributed by atoms with E-state index in [0.29, 0.717) is 35.0 Å². The molecule has 30 heavy (non-hydrogen) atoms. The molecule has 0 fully saturated rings. The Morgan fingerprint density at radius 2 is 1.73 bits per heavy atom. The Balaban J connectivity index is 2.01. The summed E-state index contributed by atoms with van der Waals surface area (Å²) in [6.07, 6.45) is 1.61. The highest BCUT2D eigenvalue weighted by atomic mass is 35.5. The van der Waals surface area contributed by atoms with Crippen LogP contribution in [0.3, 0.4) is 0 Å². The number of fused-ring (bicyclic) bond motifs is 1. The van der Waals surface area contributed by atoms with Crippen molar-refractivity contribution < 1.29 is 0 Å². The second-order valence-electron chi connectivity index (χ2n) is 7.91. The number of para-hydroxylation sites is 1. The van der Waals surface area contributed by atoms with Crippen LogP contribution in [0.4, 0.5) is 0 Å². The van der Waals surface area contributed by atoms with Crippen molar-refractivity contribution in [3.63, 3.8) is 0 Å². The second-order valence-corrected chi connectivity index (χ2v) is 8.32. The van der Waals surface area contributed by atoms with Crippen molar-refractivity contribution >= 4 is 22.8 Å². The molecule has 6 nitrogen and oxygen atoms in total. The number of halogens is 1. The molecule has 2 aromatic heterocycles. The molecule has 0 radical (unpaired) electrons. The first-order chi connectivity index (χ1) is 14.4. The lowest BCUT2D eigenvalue weighted by Gasteiger charge is -2.15. The molecule has 2 heterocycles. The van der Waals surface area contributed by atoms with Gasteiger partial charge < -0.3 is 4.57 Å². The summed E-state index contributed by atoms with van der Waals surface area (Å²) in [6.45, 7) is 6.77. The van der Waals surface area contributed by atoms with E-state index in [-0.39, 0.29) is 11.5 Å². The van der Waals surface area contributed by atoms with Gasteiger partial charge in [0.1, 0.15) is 0 Å². The minimum atomic E-state index is -0.435. The fraction of sp³-hybridized carbons (Fsp3) is 0.261. The highest BCUT2D eigenvalue weighted by Gasteiger charge is 2.20. The molecule has 0 N–H and O–H groups in total. The molecule has 7 heteroatoms. The van der Waals surface area contributed by atoms with Crippen LogP contribution in [0.5, 0.6) is 0 Å². The highest BCUT2D eigenvalue weighted by molar-refractivity contribution is 6.32. The summed E-state index contributed by atoms with van der Waals surface area (Å²) in [7, 11) is 0. The van der Waals surface area contributed by atoms with Gasteiger partial charge in [0.2, 0.25) is 0 Å². The monoisotopic (exact) mass is 422 g/mol. The maximum absolute atomic E-state index is 13.3. The summed E-state index contributed by atoms with van der Waals surface area (Å²) >= 11 is 6.40. The first kappa shape index (κ1) is 20.2. The highest BCUT2D eigenvalue weighted by Crippen LogP contribution is 2.21. The normalized spacial score (nSPS) is 11.5. The van der Waals surface area contributed by atoms with E-state index in [1.54, 1.807) is 35.2 Å². The number of aromatic nitrogens is 4. The molecule has 4 aromatic rings. The van der Waals surface area contributed by atoms with Gasteiger partial charge in [0, 0.05) is 13.1 Å². The van der Waals surface area contributed by atoms with Gasteiger partial charge >= 0.3 is 5.69 Å². The van der Waals surface area contributed by atoms with Gasteiger partial charge in [0.25, 0.3) is 5.56 Å². The van der Waals surface area contributed by atoms with Gasteiger partial charge in [-0.25, -0.2) is 14.3 Å². The van der Waals surface area contributed by atoms with E-state index in [9.17, 15) is 9.59 Å². The van der Waals surface area contributed by atoms with E-state index in [1.165, 1.54) is 14.7 Å². The zero-order valence-corrected chi connectivity index (χ0v) is 17.9. The Bertz CT molecular complexity index is 1330. The summed E-state index contributed by atoms with van der Waals surface area (Å²) in [5.74, 6) is 0.126. The molecular formula is C23H23ClN4O2. The zero-order valence-electron chi connectivity index (χ0n) is 17.2. The standard InChI is InChI=1S/C23H23ClN4O2/c1-15(2)12-27-22(29)20-21(28(23(27)30)19-7-5-4-6-18(19)24)25-14-26(20)13-17-10-8-16(3)9-11-17/h4-11,14-15H,12-13H2,1-3H3. The van der Waals surface area contributed by atoms with Crippen molar-refractivity contribution in [1.82, 2.24) is 18.7 Å². The summed E-state index contributed by atoms with van der Waals surface area (Å²) in [5.41, 5.74) is 2.64. The Hall–Kier alpha value is -3.12. The zero-order chi connectivity index (χ0) is 21.4. The Kier molecular flexibility index (Phi) is 5.35. The van der Waals surface area contributed by atoms with E-state index in [0.717, 1.165) is 5.56 Å². The van der Waals surface area contributed by atoms with Gasteiger partial charge in [-0.3, -0.25) is 9.36 Å². The van der Waals surface area contributed by atoms with Crippen LogP contribution in [-0.2, 0) is 13.1 Å². The fourth-order valence-corrected chi connectivity index (χ4v) is 3.79. The van der Waals surface area contributed by atoms with Crippen LogP contribution in [0.2, 0.25) is 5.02 Å². The van der Waals surface area contributed by atoms with Crippen molar-refractivity contribution in [2.24, 2.45) is 5.92 Å². The SMILES string of the molecule is Cc1ccc(Cn2cnc3c2c(=O)n(CC(C)C)c(=O)n3-c2ccccc2Cl)cc1. The van der Waals surface area contributed by atoms with E-state index in [4.69, 9.17) is 11.6 Å². The van der Waals surface area contributed by atoms with Gasteiger partial charge in [0.15, 0.2) is 11.2 Å². The van der Waals surface area contributed by atoms with Crippen LogP contribution < -0.4 is 11.2 Å². The molecule has 0 saturated carbocycles. The molecule has 0 amide bonds. The smallest absolute Gasteiger partial charge is 0.320 e. The molecule has 0 saturated heterocycles. The lowest BCUT2D eigenvalue weighted by Crippen LogP contribution is -2.41. The Morgan fingerprint density at radius 1 is 1.03 bits per heavy atom. The lowest BCUT2D eigenvalue weighted by atomic mass is 10.1. The van der Waals surface area contributed by atoms with Crippen molar-refractivity contribution in [1.29, 1.82) is 0 Å². The van der Waals surface area contributed by atoms with Crippen molar-refractivity contribution in [3.05, 3.63) is 91.8 Å². The van der Waals surface area contributed by atoms with Crippen LogP contribution in [0, 0.1) is 12.8 Å². The van der Waals surface area contributed by atoms with Gasteiger partial charge in [-0.15, -0.1) is 0 Å². The van der Waals surface area contributed by atoms with Crippen molar-refractivity contribution in [2.75, 3.05) is 0 Å². The van der Waals surface area contributed by atoms with Gasteiger partial charge in [-0.05, 0) is 30.5 Å². The largest absolute Gasteiger partial charge is 0.337 e. The number of hydrogen-bond acceptors (Lipinski definition) is 3. The quantitative estimate of drug-likeness (QED) is 0.488. The van der Waals surface area contributed by atoms with Crippen molar-refractivity contribution in [2.45, 2.75) is 33.9 Å². The summed E-state index contributed by atoms with van der Waals surface area (Å²) < 4.78 is 4.52. The maximum Gasteiger partial charge on any atom is 0.337 e. The summed E-state index contributed by atoms with van der Waals surface area (Å²) in [6, 6.07) is 15.2. The number of benzene rings is 2. The molecular weight excluding hydrogens is 400 g/mol. The van der Waals surface area contributed by atoms with E-state index in [2.05, 4.69) is 4.98 Å². The average molecular weight is 423 g/mol. The molecule has 154 valence electrons. The minimum absolute atomic E-state index is 0.126. The Labute approximate surface area is 179 Å². The lowest BCUT2D eigenvalue weighted by molar-refractivity contribution is 0.489. The summed E-state index contributed by atoms with van der Waals surface area (Å²) in [4.78, 5) is 31.1. The third-order valence-electron chi connectivity index (χ3n) is 5.01. The Morgan fingerprint density at radius 3 is 2.40 bits per heavy atom. The third kappa shape index (κ3) is 3.59. The fourth-order valence-electron chi connectivity index (χ4n) is 3.57. The first-order valence-corrected chi connectivity index (χ1v) is 10.3. The number of aryl methyl sites for hydroxylation is 1. The molecule has 0 aliphatic carbocycles. The second kappa shape index (κ2) is 7.95. The molecule has 0 spiro atoms. The predicted molar refractivity (Wildman–Crippen MR) is 120 cm³/mol. The molecule has 0 aliphatic rings. The molecule has 4 rings (SSSR count). The summed E-state index contributed by atoms with van der Waals surface area (Å²) in [5, 5.41) is 0.420. The van der Waals surface area contributed by atoms with Gasteiger partial charge in [-0.1, -0.05) is 67.4 Å². The number of nitrogens with zero attached hydrogens (tertiary/aromatic N) is 4. The third-order valence-corrected chi connectivity index (χ3v) is 5.33. The van der Waals surface area contributed by atoms with E-state index >= 15 is 0 Å². The number of imidazole rings is 1. The number of rotatable bonds is 5. The first-order valence-electron chi connectivity index (χ1n) is 9.88. The molecule has 0 bridgehead atoms. The molecule has 0 unspecified atom stereocenters. The average Bonchev–Trinajstić information content (AvgIpc) is 3.11. The van der Waals surface area contributed by atoms with E-state index < -0.39 is 5.69 Å². The van der Waals surface area contributed by atoms with Crippen LogP contribution in [0.1, 0.15) is 25.0 Å². The molecule has 0 atom stereocenters. The van der Waals surface area contributed by atoms with Crippen LogP contribution in [0.15, 0.2) is 64.4 Å². The number of hydrogen-bond donors (Lipinski definition) is 0. The molecule has 0 aliphatic heterocycles. The van der Waals surface area contributed by atoms with Gasteiger partial charge in [-0.2, -0.15) is 0 Å². The van der Waals surface area contributed by atoms with Crippen LogP contribution in [0.25, 0.3) is 16.9 Å². The van der Waals surface area contributed by atoms with Crippen LogP contribution in [-0.4, -0.2) is 18.7 Å². The maximum atomic E-state index is 13.3. The topological polar surface area (TPSA) is 61.8 Å². The molecule has 2 aromatic carbocycles. The van der Waals surface area contributed by atoms with Gasteiger partial charge in [0.05, 0.1) is 17.0 Å². The minimum Gasteiger partial charge on any atom is -0.320 e. The van der Waals surface area contributed by atoms with E-state index in [1.807, 2.05) is 45.0 Å². The van der Waals surface area contributed by atoms with Crippen LogP contribution >= 0.6 is 11.6 Å². The predicted octanol–water partition coefficient (Wildman–Crippen LogP) is 4.02.